The third kappa shape index (κ3) is 3.73. The van der Waals surface area contributed by atoms with Gasteiger partial charge in [0.05, 0.1) is 5.60 Å². The van der Waals surface area contributed by atoms with E-state index in [1.807, 2.05) is 30.3 Å². The largest absolute Gasteiger partial charge is 0.387 e. The van der Waals surface area contributed by atoms with Gasteiger partial charge in [0.2, 0.25) is 0 Å². The number of benzene rings is 1. The van der Waals surface area contributed by atoms with Gasteiger partial charge in [0, 0.05) is 24.1 Å². The molecule has 0 spiro atoms. The summed E-state index contributed by atoms with van der Waals surface area (Å²) in [5.41, 5.74) is 0.282. The van der Waals surface area contributed by atoms with Crippen molar-refractivity contribution in [3.8, 4) is 0 Å². The van der Waals surface area contributed by atoms with E-state index in [4.69, 9.17) is 0 Å². The summed E-state index contributed by atoms with van der Waals surface area (Å²) in [5.74, 6) is 0.431. The smallest absolute Gasteiger partial charge is 0.166 e. The van der Waals surface area contributed by atoms with E-state index < -0.39 is 5.60 Å². The number of carbonyl (C=O) groups excluding carboxylic acids is 1. The van der Waals surface area contributed by atoms with E-state index in [-0.39, 0.29) is 5.92 Å². The van der Waals surface area contributed by atoms with Crippen molar-refractivity contribution in [2.75, 3.05) is 32.7 Å². The van der Waals surface area contributed by atoms with Crippen molar-refractivity contribution in [1.82, 2.24) is 9.80 Å². The molecule has 0 radical (unpaired) electrons. The zero-order valence-corrected chi connectivity index (χ0v) is 15.8. The van der Waals surface area contributed by atoms with Crippen LogP contribution in [0.5, 0.6) is 0 Å². The van der Waals surface area contributed by atoms with Crippen LogP contribution in [0.2, 0.25) is 0 Å². The lowest BCUT2D eigenvalue weighted by atomic mass is 9.78. The summed E-state index contributed by atoms with van der Waals surface area (Å²) in [4.78, 5) is 17.6. The van der Waals surface area contributed by atoms with Crippen LogP contribution in [0.1, 0.15) is 55.3 Å². The Kier molecular flexibility index (Phi) is 5.44. The van der Waals surface area contributed by atoms with Crippen LogP contribution in [0, 0.1) is 5.92 Å². The first-order valence-corrected chi connectivity index (χ1v) is 10.4. The summed E-state index contributed by atoms with van der Waals surface area (Å²) in [7, 11) is 0. The standard InChI is InChI=1S/C22H32N2O2/c25-21(18-7-2-1-3-8-18)19-10-15-23(16-11-19)17-22(26)12-6-14-24-13-5-4-9-20(22)24/h1-3,7-8,19-20,26H,4-6,9-17H2/t20-,22-/m1/s1. The molecule has 26 heavy (non-hydrogen) atoms. The fourth-order valence-electron chi connectivity index (χ4n) is 5.39. The average molecular weight is 357 g/mol. The first-order valence-electron chi connectivity index (χ1n) is 10.4. The molecule has 4 nitrogen and oxygen atoms in total. The minimum atomic E-state index is -0.561. The van der Waals surface area contributed by atoms with Crippen molar-refractivity contribution in [2.45, 2.75) is 56.6 Å². The summed E-state index contributed by atoms with van der Waals surface area (Å²) >= 11 is 0. The molecule has 0 bridgehead atoms. The van der Waals surface area contributed by atoms with Crippen molar-refractivity contribution in [2.24, 2.45) is 5.92 Å². The Morgan fingerprint density at radius 3 is 2.50 bits per heavy atom. The first-order chi connectivity index (χ1) is 12.7. The number of rotatable bonds is 4. The van der Waals surface area contributed by atoms with Crippen LogP contribution in [0.25, 0.3) is 0 Å². The third-order valence-electron chi connectivity index (χ3n) is 6.80. The predicted octanol–water partition coefficient (Wildman–Crippen LogP) is 2.96. The van der Waals surface area contributed by atoms with E-state index in [0.717, 1.165) is 70.4 Å². The number of likely N-dealkylation sites (tertiary alicyclic amines) is 1. The molecule has 1 aromatic rings. The molecule has 4 heteroatoms. The Morgan fingerprint density at radius 1 is 1.00 bits per heavy atom. The quantitative estimate of drug-likeness (QED) is 0.843. The molecule has 3 aliphatic rings. The van der Waals surface area contributed by atoms with E-state index >= 15 is 0 Å². The topological polar surface area (TPSA) is 43.8 Å². The fraction of sp³-hybridized carbons (Fsp3) is 0.682. The van der Waals surface area contributed by atoms with Crippen LogP contribution in [-0.4, -0.2) is 65.1 Å². The molecule has 3 saturated heterocycles. The van der Waals surface area contributed by atoms with Crippen molar-refractivity contribution in [3.63, 3.8) is 0 Å². The molecule has 0 amide bonds. The van der Waals surface area contributed by atoms with Crippen molar-refractivity contribution in [3.05, 3.63) is 35.9 Å². The van der Waals surface area contributed by atoms with Crippen LogP contribution in [0.15, 0.2) is 30.3 Å². The Labute approximate surface area is 157 Å². The average Bonchev–Trinajstić information content (AvgIpc) is 2.69. The maximum atomic E-state index is 12.7. The van der Waals surface area contributed by atoms with Gasteiger partial charge in [-0.15, -0.1) is 0 Å². The second-order valence-electron chi connectivity index (χ2n) is 8.54. The zero-order valence-electron chi connectivity index (χ0n) is 15.8. The highest BCUT2D eigenvalue weighted by molar-refractivity contribution is 5.97. The Morgan fingerprint density at radius 2 is 1.73 bits per heavy atom. The summed E-state index contributed by atoms with van der Waals surface area (Å²) in [5, 5.41) is 11.4. The molecule has 3 aliphatic heterocycles. The van der Waals surface area contributed by atoms with E-state index in [1.165, 1.54) is 12.8 Å². The Bertz CT molecular complexity index is 610. The van der Waals surface area contributed by atoms with Gasteiger partial charge in [0.1, 0.15) is 0 Å². The van der Waals surface area contributed by atoms with Gasteiger partial charge in [0.25, 0.3) is 0 Å². The molecule has 2 atom stereocenters. The molecule has 4 rings (SSSR count). The van der Waals surface area contributed by atoms with Gasteiger partial charge in [-0.2, -0.15) is 0 Å². The summed E-state index contributed by atoms with van der Waals surface area (Å²) < 4.78 is 0. The number of β-amino-alcohol motifs (C(OH)–C–C–N with tert-alkyl or cyclic N) is 1. The van der Waals surface area contributed by atoms with Gasteiger partial charge in [-0.25, -0.2) is 0 Å². The Hall–Kier alpha value is -1.23. The van der Waals surface area contributed by atoms with Gasteiger partial charge < -0.3 is 10.0 Å². The molecular formula is C22H32N2O2. The zero-order chi connectivity index (χ0) is 18.0. The lowest BCUT2D eigenvalue weighted by Gasteiger charge is -2.51. The molecular weight excluding hydrogens is 324 g/mol. The molecule has 1 N–H and O–H groups in total. The minimum Gasteiger partial charge on any atom is -0.387 e. The summed E-state index contributed by atoms with van der Waals surface area (Å²) in [6.07, 6.45) is 7.53. The van der Waals surface area contributed by atoms with E-state index in [1.54, 1.807) is 0 Å². The monoisotopic (exact) mass is 356 g/mol. The third-order valence-corrected chi connectivity index (χ3v) is 6.80. The van der Waals surface area contributed by atoms with Gasteiger partial charge in [-0.05, 0) is 64.7 Å². The maximum Gasteiger partial charge on any atom is 0.166 e. The van der Waals surface area contributed by atoms with Crippen LogP contribution >= 0.6 is 0 Å². The Balaban J connectivity index is 1.34. The van der Waals surface area contributed by atoms with Crippen LogP contribution in [0.3, 0.4) is 0 Å². The predicted molar refractivity (Wildman–Crippen MR) is 103 cm³/mol. The number of piperidine rings is 3. The number of hydrogen-bond acceptors (Lipinski definition) is 4. The highest BCUT2D eigenvalue weighted by Crippen LogP contribution is 2.35. The fourth-order valence-corrected chi connectivity index (χ4v) is 5.39. The lowest BCUT2D eigenvalue weighted by molar-refractivity contribution is -0.111. The minimum absolute atomic E-state index is 0.140. The van der Waals surface area contributed by atoms with Crippen LogP contribution < -0.4 is 0 Å². The number of ketones is 1. The number of Topliss-reactive ketones (excluding diaryl/α,β-unsaturated/α-hetero) is 1. The first kappa shape index (κ1) is 18.1. The van der Waals surface area contributed by atoms with Crippen molar-refractivity contribution >= 4 is 5.78 Å². The molecule has 1 aromatic carbocycles. The van der Waals surface area contributed by atoms with Gasteiger partial charge in [-0.1, -0.05) is 36.8 Å². The molecule has 3 heterocycles. The number of hydrogen-bond donors (Lipinski definition) is 1. The highest BCUT2D eigenvalue weighted by Gasteiger charge is 2.45. The summed E-state index contributed by atoms with van der Waals surface area (Å²) in [6, 6.07) is 10.0. The number of nitrogens with zero attached hydrogens (tertiary/aromatic N) is 2. The molecule has 0 aliphatic carbocycles. The van der Waals surface area contributed by atoms with Crippen molar-refractivity contribution < 1.29 is 9.90 Å². The summed E-state index contributed by atoms with van der Waals surface area (Å²) in [6.45, 7) is 4.94. The molecule has 142 valence electrons. The van der Waals surface area contributed by atoms with E-state index in [2.05, 4.69) is 9.80 Å². The molecule has 0 aromatic heterocycles. The van der Waals surface area contributed by atoms with Gasteiger partial charge >= 0.3 is 0 Å². The second-order valence-corrected chi connectivity index (χ2v) is 8.54. The van der Waals surface area contributed by atoms with E-state index in [0.29, 0.717) is 11.8 Å². The molecule has 0 unspecified atom stereocenters. The number of carbonyl (C=O) groups is 1. The molecule has 3 fully saturated rings. The highest BCUT2D eigenvalue weighted by atomic mass is 16.3. The normalized spacial score (nSPS) is 31.5. The lowest BCUT2D eigenvalue weighted by Crippen LogP contribution is -2.63. The van der Waals surface area contributed by atoms with Crippen LogP contribution in [0.4, 0.5) is 0 Å². The number of fused-ring (bicyclic) bond motifs is 1. The second kappa shape index (κ2) is 7.79. The van der Waals surface area contributed by atoms with Gasteiger partial charge in [-0.3, -0.25) is 9.69 Å². The van der Waals surface area contributed by atoms with Gasteiger partial charge in [0.15, 0.2) is 5.78 Å². The number of aliphatic hydroxyl groups is 1. The SMILES string of the molecule is O=C(c1ccccc1)C1CCN(C[C@]2(O)CCCN3CCCC[C@@H]32)CC1. The van der Waals surface area contributed by atoms with Crippen molar-refractivity contribution in [1.29, 1.82) is 0 Å². The van der Waals surface area contributed by atoms with Crippen LogP contribution in [-0.2, 0) is 0 Å². The maximum absolute atomic E-state index is 12.7. The van der Waals surface area contributed by atoms with E-state index in [9.17, 15) is 9.90 Å². The molecule has 0 saturated carbocycles.